The van der Waals surface area contributed by atoms with E-state index in [1.807, 2.05) is 13.8 Å². The number of anilines is 1. The fourth-order valence-corrected chi connectivity index (χ4v) is 1.08. The van der Waals surface area contributed by atoms with Gasteiger partial charge in [-0.05, 0) is 18.9 Å². The summed E-state index contributed by atoms with van der Waals surface area (Å²) in [5.41, 5.74) is 1.96. The Kier molecular flexibility index (Phi) is 3.39. The van der Waals surface area contributed by atoms with Gasteiger partial charge in [-0.3, -0.25) is 4.79 Å². The Labute approximate surface area is 82.2 Å². The smallest absolute Gasteiger partial charge is 0.322 e. The van der Waals surface area contributed by atoms with Crippen molar-refractivity contribution >= 4 is 11.9 Å². The quantitative estimate of drug-likeness (QED) is 0.744. The standard InChI is InChI=1S/C9H13N3O2/c1-3-7-4-10-9(12-6(7)2)11-5-8(13)14/h4H,3,5H2,1-2H3,(H,13,14)(H,10,11,12). The molecular formula is C9H13N3O2. The minimum Gasteiger partial charge on any atom is -0.480 e. The first-order valence-electron chi connectivity index (χ1n) is 4.41. The van der Waals surface area contributed by atoms with Crippen LogP contribution in [-0.4, -0.2) is 27.6 Å². The van der Waals surface area contributed by atoms with Crippen LogP contribution in [0.1, 0.15) is 18.2 Å². The normalized spacial score (nSPS) is 9.86. The zero-order valence-electron chi connectivity index (χ0n) is 8.24. The molecule has 14 heavy (non-hydrogen) atoms. The highest BCUT2D eigenvalue weighted by molar-refractivity contribution is 5.71. The largest absolute Gasteiger partial charge is 0.480 e. The van der Waals surface area contributed by atoms with Gasteiger partial charge in [0.05, 0.1) is 0 Å². The summed E-state index contributed by atoms with van der Waals surface area (Å²) in [4.78, 5) is 18.4. The van der Waals surface area contributed by atoms with Crippen molar-refractivity contribution in [2.24, 2.45) is 0 Å². The van der Waals surface area contributed by atoms with Crippen molar-refractivity contribution in [2.75, 3.05) is 11.9 Å². The van der Waals surface area contributed by atoms with Crippen LogP contribution in [0.5, 0.6) is 0 Å². The first-order valence-corrected chi connectivity index (χ1v) is 4.41. The molecule has 0 spiro atoms. The van der Waals surface area contributed by atoms with E-state index < -0.39 is 5.97 Å². The maximum Gasteiger partial charge on any atom is 0.322 e. The molecular weight excluding hydrogens is 182 g/mol. The summed E-state index contributed by atoms with van der Waals surface area (Å²) in [7, 11) is 0. The lowest BCUT2D eigenvalue weighted by Gasteiger charge is -2.05. The summed E-state index contributed by atoms with van der Waals surface area (Å²) in [5.74, 6) is -0.562. The lowest BCUT2D eigenvalue weighted by Crippen LogP contribution is -2.14. The summed E-state index contributed by atoms with van der Waals surface area (Å²) < 4.78 is 0. The molecule has 1 aromatic heterocycles. The maximum atomic E-state index is 10.3. The van der Waals surface area contributed by atoms with Gasteiger partial charge in [0, 0.05) is 11.9 Å². The molecule has 5 nitrogen and oxygen atoms in total. The highest BCUT2D eigenvalue weighted by atomic mass is 16.4. The van der Waals surface area contributed by atoms with Crippen LogP contribution in [0.3, 0.4) is 0 Å². The minimum atomic E-state index is -0.925. The van der Waals surface area contributed by atoms with Gasteiger partial charge < -0.3 is 10.4 Å². The molecule has 0 bridgehead atoms. The molecule has 1 aromatic rings. The predicted molar refractivity (Wildman–Crippen MR) is 52.3 cm³/mol. The summed E-state index contributed by atoms with van der Waals surface area (Å²) in [6.07, 6.45) is 2.59. The molecule has 0 unspecified atom stereocenters. The summed E-state index contributed by atoms with van der Waals surface area (Å²) in [6, 6.07) is 0. The van der Waals surface area contributed by atoms with Crippen molar-refractivity contribution in [2.45, 2.75) is 20.3 Å². The van der Waals surface area contributed by atoms with Crippen LogP contribution in [0.2, 0.25) is 0 Å². The number of nitrogens with zero attached hydrogens (tertiary/aromatic N) is 2. The Balaban J connectivity index is 2.71. The number of aromatic nitrogens is 2. The second kappa shape index (κ2) is 4.55. The molecule has 0 saturated carbocycles. The van der Waals surface area contributed by atoms with Gasteiger partial charge in [-0.2, -0.15) is 0 Å². The first kappa shape index (κ1) is 10.4. The number of rotatable bonds is 4. The van der Waals surface area contributed by atoms with Crippen LogP contribution in [0.25, 0.3) is 0 Å². The Morgan fingerprint density at radius 2 is 2.36 bits per heavy atom. The highest BCUT2D eigenvalue weighted by Crippen LogP contribution is 2.06. The molecule has 0 fully saturated rings. The zero-order valence-corrected chi connectivity index (χ0v) is 8.24. The summed E-state index contributed by atoms with van der Waals surface area (Å²) >= 11 is 0. The highest BCUT2D eigenvalue weighted by Gasteiger charge is 2.02. The zero-order chi connectivity index (χ0) is 10.6. The number of carboxylic acids is 1. The van der Waals surface area contributed by atoms with Crippen LogP contribution < -0.4 is 5.32 Å². The lowest BCUT2D eigenvalue weighted by molar-refractivity contribution is -0.134. The van der Waals surface area contributed by atoms with Crippen LogP contribution >= 0.6 is 0 Å². The Morgan fingerprint density at radius 3 is 2.86 bits per heavy atom. The van der Waals surface area contributed by atoms with Gasteiger partial charge in [0.1, 0.15) is 6.54 Å². The number of nitrogens with one attached hydrogen (secondary N) is 1. The van der Waals surface area contributed by atoms with Crippen molar-refractivity contribution in [3.05, 3.63) is 17.5 Å². The van der Waals surface area contributed by atoms with Crippen molar-refractivity contribution in [1.82, 2.24) is 9.97 Å². The Morgan fingerprint density at radius 1 is 1.64 bits per heavy atom. The number of carboxylic acid groups (broad SMARTS) is 1. The average Bonchev–Trinajstić information content (AvgIpc) is 2.15. The van der Waals surface area contributed by atoms with Gasteiger partial charge in [-0.25, -0.2) is 9.97 Å². The minimum absolute atomic E-state index is 0.162. The van der Waals surface area contributed by atoms with Crippen molar-refractivity contribution in [3.8, 4) is 0 Å². The number of hydrogen-bond acceptors (Lipinski definition) is 4. The molecule has 0 aliphatic heterocycles. The monoisotopic (exact) mass is 195 g/mol. The van der Waals surface area contributed by atoms with Gasteiger partial charge in [-0.15, -0.1) is 0 Å². The molecule has 0 aliphatic rings. The number of carbonyl (C=O) groups is 1. The molecule has 0 aromatic carbocycles. The van der Waals surface area contributed by atoms with Crippen molar-refractivity contribution < 1.29 is 9.90 Å². The number of hydrogen-bond donors (Lipinski definition) is 2. The summed E-state index contributed by atoms with van der Waals surface area (Å²) in [5, 5.41) is 11.0. The molecule has 76 valence electrons. The number of aliphatic carboxylic acids is 1. The number of aryl methyl sites for hydroxylation is 2. The van der Waals surface area contributed by atoms with Gasteiger partial charge in [0.15, 0.2) is 0 Å². The second-order valence-corrected chi connectivity index (χ2v) is 2.91. The van der Waals surface area contributed by atoms with Crippen LogP contribution in [0.4, 0.5) is 5.95 Å². The third-order valence-corrected chi connectivity index (χ3v) is 1.86. The van der Waals surface area contributed by atoms with E-state index in [-0.39, 0.29) is 6.54 Å². The van der Waals surface area contributed by atoms with E-state index >= 15 is 0 Å². The maximum absolute atomic E-state index is 10.3. The fraction of sp³-hybridized carbons (Fsp3) is 0.444. The third-order valence-electron chi connectivity index (χ3n) is 1.86. The van der Waals surface area contributed by atoms with Crippen LogP contribution in [0.15, 0.2) is 6.20 Å². The van der Waals surface area contributed by atoms with Crippen LogP contribution in [-0.2, 0) is 11.2 Å². The second-order valence-electron chi connectivity index (χ2n) is 2.91. The average molecular weight is 195 g/mol. The molecule has 0 aliphatic carbocycles. The molecule has 0 radical (unpaired) electrons. The van der Waals surface area contributed by atoms with E-state index in [1.54, 1.807) is 6.20 Å². The predicted octanol–water partition coefficient (Wildman–Crippen LogP) is 0.844. The topological polar surface area (TPSA) is 75.1 Å². The molecule has 1 heterocycles. The van der Waals surface area contributed by atoms with E-state index in [4.69, 9.17) is 5.11 Å². The van der Waals surface area contributed by atoms with E-state index in [1.165, 1.54) is 0 Å². The molecule has 5 heteroatoms. The van der Waals surface area contributed by atoms with Gasteiger partial charge in [0.2, 0.25) is 5.95 Å². The molecule has 0 saturated heterocycles. The van der Waals surface area contributed by atoms with Crippen molar-refractivity contribution in [1.29, 1.82) is 0 Å². The molecule has 0 atom stereocenters. The van der Waals surface area contributed by atoms with Crippen LogP contribution in [0, 0.1) is 6.92 Å². The van der Waals surface area contributed by atoms with Gasteiger partial charge in [0.25, 0.3) is 0 Å². The molecule has 2 N–H and O–H groups in total. The SMILES string of the molecule is CCc1cnc(NCC(=O)O)nc1C. The van der Waals surface area contributed by atoms with E-state index in [0.29, 0.717) is 5.95 Å². The summed E-state index contributed by atoms with van der Waals surface area (Å²) in [6.45, 7) is 3.74. The van der Waals surface area contributed by atoms with E-state index in [9.17, 15) is 4.79 Å². The van der Waals surface area contributed by atoms with Gasteiger partial charge >= 0.3 is 5.97 Å². The molecule has 0 amide bonds. The molecule has 1 rings (SSSR count). The third kappa shape index (κ3) is 2.69. The first-order chi connectivity index (χ1) is 6.63. The van der Waals surface area contributed by atoms with Crippen molar-refractivity contribution in [3.63, 3.8) is 0 Å². The van der Waals surface area contributed by atoms with E-state index in [2.05, 4.69) is 15.3 Å². The Bertz CT molecular complexity index is 339. The Hall–Kier alpha value is -1.65. The van der Waals surface area contributed by atoms with Gasteiger partial charge in [-0.1, -0.05) is 6.92 Å². The fourth-order valence-electron chi connectivity index (χ4n) is 1.08. The lowest BCUT2D eigenvalue weighted by atomic mass is 10.2. The van der Waals surface area contributed by atoms with E-state index in [0.717, 1.165) is 17.7 Å².